The van der Waals surface area contributed by atoms with E-state index in [0.29, 0.717) is 30.5 Å². The number of para-hydroxylation sites is 1. The highest BCUT2D eigenvalue weighted by atomic mass is 19.4. The van der Waals surface area contributed by atoms with E-state index >= 15 is 0 Å². The molecule has 2 heterocycles. The van der Waals surface area contributed by atoms with Gasteiger partial charge in [0.05, 0.1) is 17.3 Å². The highest BCUT2D eigenvalue weighted by molar-refractivity contribution is 5.93. The number of hydrogen-bond acceptors (Lipinski definition) is 5. The summed E-state index contributed by atoms with van der Waals surface area (Å²) in [6, 6.07) is 15.7. The van der Waals surface area contributed by atoms with Gasteiger partial charge in [0.1, 0.15) is 5.82 Å². The highest BCUT2D eigenvalue weighted by Gasteiger charge is 2.30. The summed E-state index contributed by atoms with van der Waals surface area (Å²) in [5.74, 6) is 1.52. The molecule has 9 heteroatoms. The van der Waals surface area contributed by atoms with Crippen LogP contribution in [0, 0.1) is 5.92 Å². The molecule has 0 radical (unpaired) electrons. The van der Waals surface area contributed by atoms with Gasteiger partial charge in [-0.1, -0.05) is 32.0 Å². The van der Waals surface area contributed by atoms with Gasteiger partial charge in [0, 0.05) is 30.6 Å². The number of halogens is 3. The number of fused-ring (bicyclic) bond motifs is 1. The van der Waals surface area contributed by atoms with Crippen LogP contribution in [-0.4, -0.2) is 29.0 Å². The maximum absolute atomic E-state index is 13.0. The number of amides is 1. The Balaban J connectivity index is 1.58. The van der Waals surface area contributed by atoms with Gasteiger partial charge < -0.3 is 14.6 Å². The lowest BCUT2D eigenvalue weighted by atomic mass is 10.1. The van der Waals surface area contributed by atoms with Gasteiger partial charge >= 0.3 is 6.18 Å². The largest absolute Gasteiger partial charge is 0.461 e. The number of carbonyl (C=O) groups is 1. The number of hydrogen-bond donors (Lipinski definition) is 1. The molecule has 182 valence electrons. The van der Waals surface area contributed by atoms with E-state index in [2.05, 4.69) is 24.1 Å². The molecule has 0 bridgehead atoms. The van der Waals surface area contributed by atoms with Crippen molar-refractivity contribution in [1.82, 2.24) is 9.97 Å². The number of anilines is 2. The Kier molecular flexibility index (Phi) is 7.04. The number of furan rings is 1. The fourth-order valence-corrected chi connectivity index (χ4v) is 3.77. The third-order valence-electron chi connectivity index (χ3n) is 5.29. The summed E-state index contributed by atoms with van der Waals surface area (Å²) in [5, 5.41) is 3.41. The van der Waals surface area contributed by atoms with Crippen molar-refractivity contribution in [3.8, 4) is 11.6 Å². The molecule has 35 heavy (non-hydrogen) atoms. The molecule has 0 spiro atoms. The summed E-state index contributed by atoms with van der Waals surface area (Å²) >= 11 is 0. The fourth-order valence-electron chi connectivity index (χ4n) is 3.77. The Bertz CT molecular complexity index is 1300. The van der Waals surface area contributed by atoms with Gasteiger partial charge in [-0.3, -0.25) is 4.79 Å². The van der Waals surface area contributed by atoms with Crippen LogP contribution in [0.1, 0.15) is 25.8 Å². The molecule has 1 N–H and O–H groups in total. The average molecular weight is 483 g/mol. The summed E-state index contributed by atoms with van der Waals surface area (Å²) < 4.78 is 44.5. The van der Waals surface area contributed by atoms with E-state index in [-0.39, 0.29) is 23.9 Å². The SMILES string of the molecule is CC(C)CN(CCC(=O)Nc1cccc(C(F)(F)F)c1)c1nc(-c2ccco2)nc2ccccc12. The smallest absolute Gasteiger partial charge is 0.416 e. The van der Waals surface area contributed by atoms with Crippen molar-refractivity contribution >= 4 is 28.3 Å². The van der Waals surface area contributed by atoms with E-state index in [0.717, 1.165) is 23.0 Å². The number of nitrogens with zero attached hydrogens (tertiary/aromatic N) is 3. The summed E-state index contributed by atoms with van der Waals surface area (Å²) in [6.07, 6.45) is -2.86. The van der Waals surface area contributed by atoms with Crippen LogP contribution in [0.4, 0.5) is 24.7 Å². The molecule has 4 aromatic rings. The molecule has 0 fully saturated rings. The zero-order valence-electron chi connectivity index (χ0n) is 19.3. The highest BCUT2D eigenvalue weighted by Crippen LogP contribution is 2.31. The lowest BCUT2D eigenvalue weighted by molar-refractivity contribution is -0.137. The Morgan fingerprint density at radius 3 is 2.57 bits per heavy atom. The topological polar surface area (TPSA) is 71.3 Å². The molecular formula is C26H25F3N4O2. The number of rotatable bonds is 8. The Morgan fingerprint density at radius 1 is 1.06 bits per heavy atom. The molecule has 4 rings (SSSR count). The lowest BCUT2D eigenvalue weighted by Crippen LogP contribution is -2.32. The van der Waals surface area contributed by atoms with E-state index in [1.165, 1.54) is 12.1 Å². The minimum Gasteiger partial charge on any atom is -0.461 e. The Hall–Kier alpha value is -3.88. The van der Waals surface area contributed by atoms with Crippen LogP contribution in [0.15, 0.2) is 71.3 Å². The van der Waals surface area contributed by atoms with E-state index in [9.17, 15) is 18.0 Å². The predicted octanol–water partition coefficient (Wildman–Crippen LogP) is 6.40. The van der Waals surface area contributed by atoms with E-state index in [1.807, 2.05) is 29.2 Å². The second-order valence-electron chi connectivity index (χ2n) is 8.58. The van der Waals surface area contributed by atoms with Crippen molar-refractivity contribution in [2.45, 2.75) is 26.4 Å². The van der Waals surface area contributed by atoms with E-state index in [1.54, 1.807) is 18.4 Å². The van der Waals surface area contributed by atoms with Crippen molar-refractivity contribution in [3.63, 3.8) is 0 Å². The molecule has 0 unspecified atom stereocenters. The summed E-state index contributed by atoms with van der Waals surface area (Å²) in [4.78, 5) is 24.0. The molecule has 0 aliphatic rings. The standard InChI is InChI=1S/C26H25F3N4O2/c1-17(2)16-33(13-12-23(34)30-19-8-5-7-18(15-19)26(27,28)29)25-20-9-3-4-10-21(20)31-24(32-25)22-11-6-14-35-22/h3-11,14-15,17H,12-13,16H2,1-2H3,(H,30,34). The minimum absolute atomic E-state index is 0.0668. The number of aromatic nitrogens is 2. The molecule has 0 saturated carbocycles. The molecule has 6 nitrogen and oxygen atoms in total. The van der Waals surface area contributed by atoms with Crippen molar-refractivity contribution < 1.29 is 22.4 Å². The summed E-state index contributed by atoms with van der Waals surface area (Å²) in [7, 11) is 0. The van der Waals surface area contributed by atoms with Crippen LogP contribution in [0.25, 0.3) is 22.5 Å². The summed E-state index contributed by atoms with van der Waals surface area (Å²) in [5.41, 5.74) is 0.0357. The zero-order valence-corrected chi connectivity index (χ0v) is 19.3. The maximum atomic E-state index is 13.0. The average Bonchev–Trinajstić information content (AvgIpc) is 3.36. The van der Waals surface area contributed by atoms with Crippen LogP contribution in [-0.2, 0) is 11.0 Å². The second kappa shape index (κ2) is 10.2. The molecule has 2 aromatic carbocycles. The Morgan fingerprint density at radius 2 is 1.86 bits per heavy atom. The number of benzene rings is 2. The van der Waals surface area contributed by atoms with Crippen LogP contribution >= 0.6 is 0 Å². The molecule has 1 amide bonds. The minimum atomic E-state index is -4.48. The quantitative estimate of drug-likeness (QED) is 0.315. The number of alkyl halides is 3. The Labute approximate surface area is 200 Å². The predicted molar refractivity (Wildman–Crippen MR) is 129 cm³/mol. The van der Waals surface area contributed by atoms with Gasteiger partial charge in [-0.05, 0) is 48.4 Å². The van der Waals surface area contributed by atoms with Crippen LogP contribution < -0.4 is 10.2 Å². The van der Waals surface area contributed by atoms with Gasteiger partial charge in [-0.25, -0.2) is 9.97 Å². The number of carbonyl (C=O) groups excluding carboxylic acids is 1. The lowest BCUT2D eigenvalue weighted by Gasteiger charge is -2.27. The molecular weight excluding hydrogens is 457 g/mol. The van der Waals surface area contributed by atoms with Crippen molar-refractivity contribution in [1.29, 1.82) is 0 Å². The van der Waals surface area contributed by atoms with Crippen LogP contribution in [0.2, 0.25) is 0 Å². The third kappa shape index (κ3) is 5.98. The van der Waals surface area contributed by atoms with Gasteiger partial charge in [-0.15, -0.1) is 0 Å². The van der Waals surface area contributed by atoms with Gasteiger partial charge in [0.2, 0.25) is 5.91 Å². The van der Waals surface area contributed by atoms with Crippen LogP contribution in [0.5, 0.6) is 0 Å². The van der Waals surface area contributed by atoms with Crippen molar-refractivity contribution in [2.75, 3.05) is 23.3 Å². The normalized spacial score (nSPS) is 11.7. The zero-order chi connectivity index (χ0) is 25.0. The molecule has 2 aromatic heterocycles. The maximum Gasteiger partial charge on any atom is 0.416 e. The molecule has 0 aliphatic carbocycles. The monoisotopic (exact) mass is 482 g/mol. The second-order valence-corrected chi connectivity index (χ2v) is 8.58. The first-order valence-corrected chi connectivity index (χ1v) is 11.2. The van der Waals surface area contributed by atoms with Crippen molar-refractivity contribution in [3.05, 3.63) is 72.5 Å². The first-order chi connectivity index (χ1) is 16.7. The van der Waals surface area contributed by atoms with Crippen LogP contribution in [0.3, 0.4) is 0 Å². The van der Waals surface area contributed by atoms with Gasteiger partial charge in [-0.2, -0.15) is 13.2 Å². The van der Waals surface area contributed by atoms with Gasteiger partial charge in [0.25, 0.3) is 0 Å². The van der Waals surface area contributed by atoms with Crippen molar-refractivity contribution in [2.24, 2.45) is 5.92 Å². The van der Waals surface area contributed by atoms with E-state index in [4.69, 9.17) is 9.40 Å². The summed E-state index contributed by atoms with van der Waals surface area (Å²) in [6.45, 7) is 5.07. The fraction of sp³-hybridized carbons (Fsp3) is 0.269. The molecule has 0 atom stereocenters. The first kappa shape index (κ1) is 24.3. The first-order valence-electron chi connectivity index (χ1n) is 11.2. The van der Waals surface area contributed by atoms with E-state index < -0.39 is 11.7 Å². The molecule has 0 aliphatic heterocycles. The third-order valence-corrected chi connectivity index (χ3v) is 5.29. The number of nitrogens with one attached hydrogen (secondary N) is 1. The van der Waals surface area contributed by atoms with Gasteiger partial charge in [0.15, 0.2) is 11.6 Å². The molecule has 0 saturated heterocycles.